The quantitative estimate of drug-likeness (QED) is 0.346. The van der Waals surface area contributed by atoms with Crippen LogP contribution in [0.1, 0.15) is 5.56 Å². The number of nitrogens with zero attached hydrogens (tertiary/aromatic N) is 4. The molecule has 0 atom stereocenters. The summed E-state index contributed by atoms with van der Waals surface area (Å²) in [6, 6.07) is 13.7. The molecule has 0 bridgehead atoms. The van der Waals surface area contributed by atoms with Gasteiger partial charge in [-0.15, -0.1) is 0 Å². The smallest absolute Gasteiger partial charge is 0.270 e. The molecule has 25 heavy (non-hydrogen) atoms. The second-order valence-corrected chi connectivity index (χ2v) is 5.22. The van der Waals surface area contributed by atoms with Gasteiger partial charge in [0.2, 0.25) is 0 Å². The van der Waals surface area contributed by atoms with Crippen LogP contribution in [0.4, 0.5) is 11.5 Å². The van der Waals surface area contributed by atoms with Crippen molar-refractivity contribution >= 4 is 39.8 Å². The Bertz CT molecular complexity index is 1120. The average molecular weight is 333 g/mol. The van der Waals surface area contributed by atoms with Crippen LogP contribution < -0.4 is 5.43 Å². The lowest BCUT2D eigenvalue weighted by atomic mass is 10.2. The number of anilines is 1. The van der Waals surface area contributed by atoms with Gasteiger partial charge >= 0.3 is 0 Å². The standard InChI is InChI=1S/C17H11N5O3/c23-22(24)12-5-3-4-11(8-12)9-20-21-17-16-15(18-10-19-17)13-6-1-2-7-14(13)25-16/h1-10H,(H,18,19,21)/b20-9-. The first kappa shape index (κ1) is 14.8. The zero-order valence-electron chi connectivity index (χ0n) is 12.8. The highest BCUT2D eigenvalue weighted by Crippen LogP contribution is 2.30. The summed E-state index contributed by atoms with van der Waals surface area (Å²) in [6.07, 6.45) is 2.90. The highest BCUT2D eigenvalue weighted by Gasteiger charge is 2.12. The predicted molar refractivity (Wildman–Crippen MR) is 93.6 cm³/mol. The van der Waals surface area contributed by atoms with E-state index in [4.69, 9.17) is 4.42 Å². The Kier molecular flexibility index (Phi) is 3.55. The van der Waals surface area contributed by atoms with E-state index in [0.717, 1.165) is 5.39 Å². The zero-order valence-corrected chi connectivity index (χ0v) is 12.8. The number of hydrazone groups is 1. The van der Waals surface area contributed by atoms with Gasteiger partial charge in [0.1, 0.15) is 17.4 Å². The third kappa shape index (κ3) is 2.76. The van der Waals surface area contributed by atoms with Gasteiger partial charge in [-0.25, -0.2) is 9.97 Å². The minimum Gasteiger partial charge on any atom is -0.450 e. The molecule has 4 aromatic rings. The van der Waals surface area contributed by atoms with Gasteiger partial charge in [0, 0.05) is 23.1 Å². The Hall–Kier alpha value is -3.81. The van der Waals surface area contributed by atoms with Crippen molar-refractivity contribution in [1.29, 1.82) is 0 Å². The molecule has 8 nitrogen and oxygen atoms in total. The van der Waals surface area contributed by atoms with Gasteiger partial charge in [0.05, 0.1) is 11.1 Å². The van der Waals surface area contributed by atoms with E-state index < -0.39 is 4.92 Å². The van der Waals surface area contributed by atoms with Crippen LogP contribution in [0.2, 0.25) is 0 Å². The van der Waals surface area contributed by atoms with Crippen LogP contribution in [0.3, 0.4) is 0 Å². The van der Waals surface area contributed by atoms with E-state index in [-0.39, 0.29) is 5.69 Å². The fourth-order valence-electron chi connectivity index (χ4n) is 2.49. The van der Waals surface area contributed by atoms with Crippen molar-refractivity contribution in [2.45, 2.75) is 0 Å². The van der Waals surface area contributed by atoms with E-state index in [0.29, 0.717) is 28.1 Å². The van der Waals surface area contributed by atoms with Crippen molar-refractivity contribution in [3.8, 4) is 0 Å². The second-order valence-electron chi connectivity index (χ2n) is 5.22. The number of nitro groups is 1. The minimum atomic E-state index is -0.451. The first-order valence-corrected chi connectivity index (χ1v) is 7.38. The fourth-order valence-corrected chi connectivity index (χ4v) is 2.49. The number of hydrogen-bond acceptors (Lipinski definition) is 7. The summed E-state index contributed by atoms with van der Waals surface area (Å²) in [7, 11) is 0. The molecule has 0 aliphatic rings. The van der Waals surface area contributed by atoms with Crippen molar-refractivity contribution < 1.29 is 9.34 Å². The zero-order chi connectivity index (χ0) is 17.2. The van der Waals surface area contributed by atoms with E-state index in [9.17, 15) is 10.1 Å². The summed E-state index contributed by atoms with van der Waals surface area (Å²) in [6.45, 7) is 0. The number of furan rings is 1. The summed E-state index contributed by atoms with van der Waals surface area (Å²) < 4.78 is 5.79. The molecule has 122 valence electrons. The molecule has 2 aromatic carbocycles. The van der Waals surface area contributed by atoms with Crippen LogP contribution in [-0.2, 0) is 0 Å². The fraction of sp³-hybridized carbons (Fsp3) is 0. The normalized spacial score (nSPS) is 11.4. The maximum atomic E-state index is 10.8. The molecule has 0 unspecified atom stereocenters. The monoisotopic (exact) mass is 333 g/mol. The third-order valence-corrected chi connectivity index (χ3v) is 3.62. The molecule has 0 aliphatic carbocycles. The van der Waals surface area contributed by atoms with Gasteiger partial charge in [-0.05, 0) is 12.1 Å². The van der Waals surface area contributed by atoms with Crippen LogP contribution in [0, 0.1) is 10.1 Å². The average Bonchev–Trinajstić information content (AvgIpc) is 3.02. The van der Waals surface area contributed by atoms with Crippen molar-refractivity contribution in [3.63, 3.8) is 0 Å². The van der Waals surface area contributed by atoms with Gasteiger partial charge in [-0.2, -0.15) is 5.10 Å². The lowest BCUT2D eigenvalue weighted by molar-refractivity contribution is -0.384. The highest BCUT2D eigenvalue weighted by molar-refractivity contribution is 6.05. The lowest BCUT2D eigenvalue weighted by Crippen LogP contribution is -1.95. The Morgan fingerprint density at radius 3 is 2.92 bits per heavy atom. The van der Waals surface area contributed by atoms with Crippen molar-refractivity contribution in [3.05, 3.63) is 70.5 Å². The minimum absolute atomic E-state index is 0.00524. The third-order valence-electron chi connectivity index (χ3n) is 3.62. The van der Waals surface area contributed by atoms with E-state index >= 15 is 0 Å². The largest absolute Gasteiger partial charge is 0.450 e. The molecule has 0 fully saturated rings. The van der Waals surface area contributed by atoms with Gasteiger partial charge in [-0.3, -0.25) is 15.5 Å². The topological polar surface area (TPSA) is 106 Å². The molecule has 0 saturated carbocycles. The van der Waals surface area contributed by atoms with E-state index in [1.165, 1.54) is 24.7 Å². The van der Waals surface area contributed by atoms with Crippen LogP contribution in [-0.4, -0.2) is 21.1 Å². The Labute approximate surface area is 141 Å². The number of aromatic nitrogens is 2. The van der Waals surface area contributed by atoms with Crippen LogP contribution in [0.5, 0.6) is 0 Å². The summed E-state index contributed by atoms with van der Waals surface area (Å²) in [5.74, 6) is 0.419. The molecular weight excluding hydrogens is 322 g/mol. The molecule has 2 aromatic heterocycles. The number of fused-ring (bicyclic) bond motifs is 3. The maximum absolute atomic E-state index is 10.8. The van der Waals surface area contributed by atoms with Crippen molar-refractivity contribution in [2.75, 3.05) is 5.43 Å². The second kappa shape index (κ2) is 6.00. The van der Waals surface area contributed by atoms with Gasteiger partial charge < -0.3 is 4.42 Å². The lowest BCUT2D eigenvalue weighted by Gasteiger charge is -1.99. The van der Waals surface area contributed by atoms with Gasteiger partial charge in [-0.1, -0.05) is 24.3 Å². The van der Waals surface area contributed by atoms with Crippen molar-refractivity contribution in [2.24, 2.45) is 5.10 Å². The van der Waals surface area contributed by atoms with E-state index in [1.807, 2.05) is 24.3 Å². The SMILES string of the molecule is O=[N+]([O-])c1cccc(/C=N\Nc2ncnc3c2oc2ccccc23)c1. The summed E-state index contributed by atoms with van der Waals surface area (Å²) in [5, 5.41) is 15.8. The number of non-ortho nitro benzene ring substituents is 1. The number of hydrogen-bond donors (Lipinski definition) is 1. The molecule has 0 amide bonds. The summed E-state index contributed by atoms with van der Waals surface area (Å²) in [5.41, 5.74) is 5.30. The number of rotatable bonds is 4. The first-order valence-electron chi connectivity index (χ1n) is 7.38. The van der Waals surface area contributed by atoms with Gasteiger partial charge in [0.25, 0.3) is 5.69 Å². The molecule has 2 heterocycles. The molecular formula is C17H11N5O3. The maximum Gasteiger partial charge on any atom is 0.270 e. The van der Waals surface area contributed by atoms with E-state index in [2.05, 4.69) is 20.5 Å². The van der Waals surface area contributed by atoms with Crippen LogP contribution >= 0.6 is 0 Å². The Balaban J connectivity index is 1.65. The molecule has 4 rings (SSSR count). The van der Waals surface area contributed by atoms with Crippen LogP contribution in [0.25, 0.3) is 22.1 Å². The first-order chi connectivity index (χ1) is 12.2. The molecule has 0 spiro atoms. The van der Waals surface area contributed by atoms with Crippen LogP contribution in [0.15, 0.2) is 64.4 Å². The number of nitrogens with one attached hydrogen (secondary N) is 1. The molecule has 0 saturated heterocycles. The molecule has 1 N–H and O–H groups in total. The molecule has 0 radical (unpaired) electrons. The number of nitro benzene ring substituents is 1. The van der Waals surface area contributed by atoms with Crippen molar-refractivity contribution in [1.82, 2.24) is 9.97 Å². The summed E-state index contributed by atoms with van der Waals surface area (Å²) in [4.78, 5) is 18.7. The van der Waals surface area contributed by atoms with E-state index in [1.54, 1.807) is 12.1 Å². The molecule has 8 heteroatoms. The summed E-state index contributed by atoms with van der Waals surface area (Å²) >= 11 is 0. The number of benzene rings is 2. The van der Waals surface area contributed by atoms with Gasteiger partial charge in [0.15, 0.2) is 11.4 Å². The number of para-hydroxylation sites is 1. The Morgan fingerprint density at radius 2 is 2.04 bits per heavy atom. The Morgan fingerprint density at radius 1 is 1.16 bits per heavy atom. The highest BCUT2D eigenvalue weighted by atomic mass is 16.6. The molecule has 0 aliphatic heterocycles. The predicted octanol–water partition coefficient (Wildman–Crippen LogP) is 3.73.